The van der Waals surface area contributed by atoms with E-state index in [0.717, 1.165) is 6.42 Å². The second-order valence-corrected chi connectivity index (χ2v) is 6.83. The molecule has 0 bridgehead atoms. The van der Waals surface area contributed by atoms with Crippen molar-refractivity contribution in [2.45, 2.75) is 71.1 Å². The number of rotatable bonds is 9. The van der Waals surface area contributed by atoms with Crippen LogP contribution in [-0.4, -0.2) is 86.2 Å². The third kappa shape index (κ3) is 122. The fourth-order valence-electron chi connectivity index (χ4n) is 1.49. The normalized spacial score (nSPS) is 9.76. The molecule has 0 aromatic heterocycles. The molecule has 6 N–H and O–H groups in total. The molecular formula is C12H36AlMgNaO8SSi. The molecule has 0 spiro atoms. The van der Waals surface area contributed by atoms with Crippen LogP contribution < -0.4 is 29.6 Å². The largest absolute Gasteiger partial charge is 2.00 e. The van der Waals surface area contributed by atoms with E-state index in [0.29, 0.717) is 0 Å². The Labute approximate surface area is 205 Å². The van der Waals surface area contributed by atoms with Gasteiger partial charge in [0.2, 0.25) is 0 Å². The molecule has 0 saturated heterocycles. The SMILES string of the molecule is O=S(=O)(O)O.O[Si](O)(O)O.[AlH3].[CH2-]CCCCCCCCCCC.[H-].[H-].[Mg+2].[Na+]. The van der Waals surface area contributed by atoms with Gasteiger partial charge >= 0.3 is 72.1 Å². The van der Waals surface area contributed by atoms with Crippen molar-refractivity contribution in [1.29, 1.82) is 0 Å². The van der Waals surface area contributed by atoms with Crippen molar-refractivity contribution in [1.82, 2.24) is 0 Å². The molecule has 0 fully saturated rings. The van der Waals surface area contributed by atoms with Crippen LogP contribution in [0.4, 0.5) is 0 Å². The van der Waals surface area contributed by atoms with Gasteiger partial charge < -0.3 is 29.0 Å². The van der Waals surface area contributed by atoms with Crippen LogP contribution >= 0.6 is 0 Å². The molecule has 0 amide bonds. The van der Waals surface area contributed by atoms with Crippen LogP contribution in [0.3, 0.4) is 0 Å². The first-order valence-corrected chi connectivity index (χ1v) is 10.5. The molecule has 0 heterocycles. The second kappa shape index (κ2) is 28.4. The fraction of sp³-hybridized carbons (Fsp3) is 0.917. The monoisotopic (exact) mass is 442 g/mol. The molecule has 8 nitrogen and oxygen atoms in total. The minimum absolute atomic E-state index is 0. The molecule has 0 aliphatic carbocycles. The predicted molar refractivity (Wildman–Crippen MR) is 104 cm³/mol. The maximum Gasteiger partial charge on any atom is 2.00 e. The Hall–Kier alpha value is 2.23. The topological polar surface area (TPSA) is 156 Å². The second-order valence-electron chi connectivity index (χ2n) is 4.73. The number of unbranched alkanes of at least 4 members (excludes halogenated alkanes) is 9. The van der Waals surface area contributed by atoms with E-state index in [1.54, 1.807) is 0 Å². The smallest absolute Gasteiger partial charge is 1.00 e. The predicted octanol–water partition coefficient (Wildman–Crippen LogP) is -2.86. The van der Waals surface area contributed by atoms with Crippen LogP contribution in [0.2, 0.25) is 0 Å². The first-order valence-electron chi connectivity index (χ1n) is 7.30. The van der Waals surface area contributed by atoms with Gasteiger partial charge in [0.05, 0.1) is 0 Å². The summed E-state index contributed by atoms with van der Waals surface area (Å²) in [7, 11) is -9.28. The summed E-state index contributed by atoms with van der Waals surface area (Å²) >= 11 is 0. The van der Waals surface area contributed by atoms with Crippen molar-refractivity contribution in [3.05, 3.63) is 6.92 Å². The maximum atomic E-state index is 8.74. The molecule has 0 radical (unpaired) electrons. The van der Waals surface area contributed by atoms with Crippen molar-refractivity contribution in [3.8, 4) is 0 Å². The molecule has 148 valence electrons. The summed E-state index contributed by atoms with van der Waals surface area (Å²) in [6, 6.07) is 0. The Balaban J connectivity index is -0.0000000347. The van der Waals surface area contributed by atoms with Crippen LogP contribution in [-0.2, 0) is 10.4 Å². The van der Waals surface area contributed by atoms with Crippen molar-refractivity contribution >= 4 is 59.9 Å². The number of hydrogen-bond acceptors (Lipinski definition) is 6. The Morgan fingerprint density at radius 1 is 0.840 bits per heavy atom. The first-order chi connectivity index (χ1) is 9.91. The van der Waals surface area contributed by atoms with Gasteiger partial charge in [-0.05, 0) is 0 Å². The fourth-order valence-corrected chi connectivity index (χ4v) is 1.49. The molecule has 0 saturated carbocycles. The van der Waals surface area contributed by atoms with Crippen LogP contribution in [0.15, 0.2) is 0 Å². The van der Waals surface area contributed by atoms with Crippen LogP contribution in [0.25, 0.3) is 0 Å². The molecule has 0 unspecified atom stereocenters. The summed E-state index contributed by atoms with van der Waals surface area (Å²) < 4.78 is 31.6. The van der Waals surface area contributed by atoms with E-state index in [1.165, 1.54) is 57.8 Å². The molecule has 0 aromatic carbocycles. The molecule has 0 aromatic rings. The van der Waals surface area contributed by atoms with Crippen LogP contribution in [0.1, 0.15) is 74.0 Å². The van der Waals surface area contributed by atoms with Gasteiger partial charge in [-0.1, -0.05) is 64.7 Å². The van der Waals surface area contributed by atoms with E-state index in [-0.39, 0.29) is 72.8 Å². The summed E-state index contributed by atoms with van der Waals surface area (Å²) in [6.45, 7) is 6.12. The zero-order chi connectivity index (χ0) is 18.1. The third-order valence-corrected chi connectivity index (χ3v) is 2.35. The van der Waals surface area contributed by atoms with Gasteiger partial charge in [0.1, 0.15) is 0 Å². The van der Waals surface area contributed by atoms with E-state index in [2.05, 4.69) is 13.8 Å². The van der Waals surface area contributed by atoms with Crippen LogP contribution in [0.5, 0.6) is 0 Å². The summed E-state index contributed by atoms with van der Waals surface area (Å²) in [5.74, 6) is 0. The minimum atomic E-state index is -4.67. The van der Waals surface area contributed by atoms with Gasteiger partial charge in [0.15, 0.2) is 17.4 Å². The Kier molecular flexibility index (Phi) is 47.3. The summed E-state index contributed by atoms with van der Waals surface area (Å²) in [4.78, 5) is 29.3. The van der Waals surface area contributed by atoms with E-state index in [9.17, 15) is 0 Å². The van der Waals surface area contributed by atoms with Gasteiger partial charge in [-0.2, -0.15) is 14.8 Å². The molecule has 25 heavy (non-hydrogen) atoms. The zero-order valence-corrected chi connectivity index (χ0v) is 20.1. The van der Waals surface area contributed by atoms with Crippen molar-refractivity contribution < 1.29 is 69.1 Å². The van der Waals surface area contributed by atoms with Gasteiger partial charge in [0.25, 0.3) is 0 Å². The minimum Gasteiger partial charge on any atom is -1.00 e. The molecule has 0 aliphatic heterocycles. The Morgan fingerprint density at radius 3 is 1.24 bits per heavy atom. The van der Waals surface area contributed by atoms with E-state index in [1.807, 2.05) is 0 Å². The van der Waals surface area contributed by atoms with Gasteiger partial charge in [-0.3, -0.25) is 9.11 Å². The van der Waals surface area contributed by atoms with Gasteiger partial charge in [-0.15, -0.1) is 0 Å². The number of hydrogen-bond donors (Lipinski definition) is 6. The first kappa shape index (κ1) is 41.6. The Morgan fingerprint density at radius 2 is 1.04 bits per heavy atom. The van der Waals surface area contributed by atoms with Crippen molar-refractivity contribution in [2.75, 3.05) is 0 Å². The van der Waals surface area contributed by atoms with Crippen LogP contribution in [0, 0.1) is 6.92 Å². The van der Waals surface area contributed by atoms with Crippen molar-refractivity contribution in [2.24, 2.45) is 0 Å². The quantitative estimate of drug-likeness (QED) is 0.0964. The molecule has 13 heteroatoms. The third-order valence-electron chi connectivity index (χ3n) is 2.35. The molecule has 0 aliphatic rings. The summed E-state index contributed by atoms with van der Waals surface area (Å²) in [5, 5.41) is 0. The van der Waals surface area contributed by atoms with Gasteiger partial charge in [0, 0.05) is 0 Å². The average molecular weight is 443 g/mol. The summed E-state index contributed by atoms with van der Waals surface area (Å²) in [5.41, 5.74) is 0. The van der Waals surface area contributed by atoms with E-state index < -0.39 is 19.4 Å². The van der Waals surface area contributed by atoms with Crippen molar-refractivity contribution in [3.63, 3.8) is 0 Å². The molecule has 0 rings (SSSR count). The molecular weight excluding hydrogens is 407 g/mol. The van der Waals surface area contributed by atoms with Gasteiger partial charge in [-0.25, -0.2) is 0 Å². The van der Waals surface area contributed by atoms with E-state index in [4.69, 9.17) is 36.7 Å². The van der Waals surface area contributed by atoms with E-state index >= 15 is 0 Å². The maximum absolute atomic E-state index is 8.74. The zero-order valence-electron chi connectivity index (χ0n) is 16.9. The standard InChI is InChI=1S/C12H25.Al.Mg.Na.H2O4S.H4O4Si.5H/c1-3-5-7-9-11-12-10-8-6-4-2;;;;2*1-5(2,3)4;;;;;/h1,3-12H2,2H3;;;;(H2,1,2,3,4);1-4H;;;;;/q-1;;+2;+1;;;;;;2*-1. The molecule has 0 atom stereocenters. The summed E-state index contributed by atoms with van der Waals surface area (Å²) in [6.07, 6.45) is 13.9. The average Bonchev–Trinajstić information content (AvgIpc) is 2.28. The Bertz CT molecular complexity index is 307.